The van der Waals surface area contributed by atoms with Crippen molar-refractivity contribution in [2.75, 3.05) is 7.05 Å². The Morgan fingerprint density at radius 2 is 1.44 bits per heavy atom. The van der Waals surface area contributed by atoms with E-state index >= 15 is 0 Å². The molecule has 0 aliphatic rings. The van der Waals surface area contributed by atoms with Gasteiger partial charge >= 0.3 is 0 Å². The third kappa shape index (κ3) is 7.68. The van der Waals surface area contributed by atoms with Crippen LogP contribution in [0, 0.1) is 0 Å². The monoisotopic (exact) mass is 136 g/mol. The second kappa shape index (κ2) is 7.68. The first-order valence-electron chi connectivity index (χ1n) is 2.29. The van der Waals surface area contributed by atoms with Crippen molar-refractivity contribution in [2.24, 2.45) is 5.84 Å². The molecule has 8 nitrogen and oxygen atoms in total. The lowest BCUT2D eigenvalue weighted by Crippen LogP contribution is -2.61. The minimum Gasteiger partial charge on any atom is -0.257 e. The first-order valence-corrected chi connectivity index (χ1v) is 2.29. The molecule has 0 aromatic heterocycles. The molecule has 0 fully saturated rings. The third-order valence-corrected chi connectivity index (χ3v) is 0.447. The first kappa shape index (κ1) is 8.68. The van der Waals surface area contributed by atoms with Gasteiger partial charge in [-0.25, -0.2) is 5.43 Å². The van der Waals surface area contributed by atoms with Gasteiger partial charge < -0.3 is 0 Å². The van der Waals surface area contributed by atoms with Crippen LogP contribution in [0.1, 0.15) is 0 Å². The maximum atomic E-state index is 4.82. The maximum Gasteiger partial charge on any atom is -0.000111 e. The Kier molecular flexibility index (Phi) is 7.41. The van der Waals surface area contributed by atoms with E-state index in [0.717, 1.165) is 0 Å². The molecule has 9 N–H and O–H groups in total. The molecule has 56 valence electrons. The summed E-state index contributed by atoms with van der Waals surface area (Å²) in [5.74, 6) is 4.82. The van der Waals surface area contributed by atoms with E-state index in [0.29, 0.717) is 0 Å². The Morgan fingerprint density at radius 1 is 0.889 bits per heavy atom. The summed E-state index contributed by atoms with van der Waals surface area (Å²) in [6.07, 6.45) is 0. The summed E-state index contributed by atoms with van der Waals surface area (Å²) in [7, 11) is 1.71. The van der Waals surface area contributed by atoms with Crippen molar-refractivity contribution in [2.45, 2.75) is 0 Å². The largest absolute Gasteiger partial charge is 0.257 e. The normalized spacial score (nSPS) is 10.0. The lowest BCUT2D eigenvalue weighted by Gasteiger charge is -2.07. The SMILES string of the molecule is CNNNNNNNN. The Hall–Kier alpha value is -0.320. The van der Waals surface area contributed by atoms with Crippen molar-refractivity contribution < 1.29 is 0 Å². The zero-order valence-electron chi connectivity index (χ0n) is 5.08. The number of hydrazine groups is 7. The lowest BCUT2D eigenvalue weighted by molar-refractivity contribution is 0.281. The minimum absolute atomic E-state index is 1.71. The maximum absolute atomic E-state index is 4.82. The van der Waals surface area contributed by atoms with Gasteiger partial charge in [0.15, 0.2) is 0 Å². The molecule has 0 aliphatic heterocycles. The highest BCUT2D eigenvalue weighted by atomic mass is 15.9. The fourth-order valence-corrected chi connectivity index (χ4v) is 0.192. The molecule has 0 spiro atoms. The third-order valence-electron chi connectivity index (χ3n) is 0.447. The van der Waals surface area contributed by atoms with Gasteiger partial charge in [-0.05, 0) is 7.05 Å². The van der Waals surface area contributed by atoms with Gasteiger partial charge in [0.1, 0.15) is 0 Å². The molecule has 0 rings (SSSR count). The molecule has 0 radical (unpaired) electrons. The number of hydrogen-bond donors (Lipinski definition) is 8. The molecule has 0 aromatic carbocycles. The molecule has 0 amide bonds. The second-order valence-electron chi connectivity index (χ2n) is 1.02. The summed E-state index contributed by atoms with van der Waals surface area (Å²) < 4.78 is 0. The molecule has 8 heteroatoms. The van der Waals surface area contributed by atoms with Crippen molar-refractivity contribution in [3.63, 3.8) is 0 Å². The van der Waals surface area contributed by atoms with E-state index in [1.165, 1.54) is 0 Å². The van der Waals surface area contributed by atoms with Crippen molar-refractivity contribution in [3.05, 3.63) is 0 Å². The summed E-state index contributed by atoms with van der Waals surface area (Å²) in [6, 6.07) is 0. The minimum atomic E-state index is 1.71. The van der Waals surface area contributed by atoms with Crippen LogP contribution in [0.15, 0.2) is 0 Å². The van der Waals surface area contributed by atoms with Crippen molar-refractivity contribution in [1.82, 2.24) is 38.6 Å². The first-order chi connectivity index (χ1) is 4.41. The number of nitrogens with one attached hydrogen (secondary N) is 7. The van der Waals surface area contributed by atoms with Crippen LogP contribution in [-0.2, 0) is 0 Å². The fourth-order valence-electron chi connectivity index (χ4n) is 0.192. The van der Waals surface area contributed by atoms with E-state index in [2.05, 4.69) is 38.6 Å². The molecule has 0 unspecified atom stereocenters. The highest BCUT2D eigenvalue weighted by Crippen LogP contribution is 1.21. The van der Waals surface area contributed by atoms with E-state index in [4.69, 9.17) is 5.84 Å². The van der Waals surface area contributed by atoms with E-state index < -0.39 is 0 Å². The zero-order chi connectivity index (χ0) is 6.95. The Balaban J connectivity index is 2.60. The zero-order valence-corrected chi connectivity index (χ0v) is 5.08. The predicted octanol–water partition coefficient (Wildman–Crippen LogP) is -3.89. The Labute approximate surface area is 52.7 Å². The number of rotatable bonds is 6. The molecule has 0 aliphatic carbocycles. The van der Waals surface area contributed by atoms with Gasteiger partial charge in [0.05, 0.1) is 0 Å². The quantitative estimate of drug-likeness (QED) is 0.106. The Bertz CT molecular complexity index is 37.8. The summed E-state index contributed by atoms with van der Waals surface area (Å²) in [6.45, 7) is 0. The topological polar surface area (TPSA) is 110 Å². The van der Waals surface area contributed by atoms with Crippen LogP contribution in [0.4, 0.5) is 0 Å². The summed E-state index contributed by atoms with van der Waals surface area (Å²) >= 11 is 0. The molecule has 0 saturated heterocycles. The molecule has 0 atom stereocenters. The summed E-state index contributed by atoms with van der Waals surface area (Å²) in [4.78, 5) is 0. The average Bonchev–Trinajstić information content (AvgIpc) is 1.89. The van der Waals surface area contributed by atoms with Gasteiger partial charge in [-0.3, -0.25) is 5.84 Å². The van der Waals surface area contributed by atoms with E-state index in [1.807, 2.05) is 0 Å². The van der Waals surface area contributed by atoms with Crippen molar-refractivity contribution in [1.29, 1.82) is 0 Å². The van der Waals surface area contributed by atoms with Crippen LogP contribution in [-0.4, -0.2) is 7.05 Å². The standard InChI is InChI=1S/CH12N8/c1-3-5-7-9-8-6-4-2/h3-9H,2H2,1H3. The molecule has 0 heterocycles. The molecular weight excluding hydrogens is 124 g/mol. The van der Waals surface area contributed by atoms with Gasteiger partial charge in [-0.1, -0.05) is 0 Å². The van der Waals surface area contributed by atoms with Crippen molar-refractivity contribution in [3.8, 4) is 0 Å². The van der Waals surface area contributed by atoms with Gasteiger partial charge in [-0.15, -0.1) is 0 Å². The highest BCUT2D eigenvalue weighted by Gasteiger charge is 1.74. The average molecular weight is 136 g/mol. The summed E-state index contributed by atoms with van der Waals surface area (Å²) in [5.41, 5.74) is 17.0. The number of nitrogens with two attached hydrogens (primary N) is 1. The van der Waals surface area contributed by atoms with Crippen LogP contribution in [0.5, 0.6) is 0 Å². The van der Waals surface area contributed by atoms with Crippen LogP contribution >= 0.6 is 0 Å². The molecule has 0 bridgehead atoms. The van der Waals surface area contributed by atoms with Crippen LogP contribution in [0.25, 0.3) is 0 Å². The van der Waals surface area contributed by atoms with Gasteiger partial charge in [-0.2, -0.15) is 33.2 Å². The van der Waals surface area contributed by atoms with Crippen LogP contribution in [0.2, 0.25) is 0 Å². The van der Waals surface area contributed by atoms with Crippen molar-refractivity contribution >= 4 is 0 Å². The molecule has 0 aromatic rings. The van der Waals surface area contributed by atoms with Gasteiger partial charge in [0.2, 0.25) is 0 Å². The molecule has 9 heavy (non-hydrogen) atoms. The molecule has 0 saturated carbocycles. The summed E-state index contributed by atoms with van der Waals surface area (Å²) in [5, 5.41) is 0. The van der Waals surface area contributed by atoms with E-state index in [-0.39, 0.29) is 0 Å². The van der Waals surface area contributed by atoms with E-state index in [9.17, 15) is 0 Å². The van der Waals surface area contributed by atoms with Crippen LogP contribution < -0.4 is 44.5 Å². The smallest absolute Gasteiger partial charge is 0.000111 e. The lowest BCUT2D eigenvalue weighted by atomic mass is 11.5. The highest BCUT2D eigenvalue weighted by molar-refractivity contribution is 4.10. The molecular formula is CH12N8. The van der Waals surface area contributed by atoms with Crippen LogP contribution in [0.3, 0.4) is 0 Å². The second-order valence-corrected chi connectivity index (χ2v) is 1.02. The Morgan fingerprint density at radius 3 is 2.00 bits per heavy atom. The van der Waals surface area contributed by atoms with Gasteiger partial charge in [0.25, 0.3) is 0 Å². The fraction of sp³-hybridized carbons (Fsp3) is 1.00. The van der Waals surface area contributed by atoms with E-state index in [1.54, 1.807) is 7.05 Å². The predicted molar refractivity (Wildman–Crippen MR) is 32.1 cm³/mol. The van der Waals surface area contributed by atoms with Gasteiger partial charge in [0, 0.05) is 0 Å². The number of hydrogen-bond acceptors (Lipinski definition) is 8.